The van der Waals surface area contributed by atoms with E-state index in [1.807, 2.05) is 32.9 Å². The maximum atomic E-state index is 13.2. The number of nitrogens with zero attached hydrogens (tertiary/aromatic N) is 4. The molecule has 3 aromatic rings. The second kappa shape index (κ2) is 8.23. The zero-order chi connectivity index (χ0) is 21.4. The number of fused-ring (bicyclic) bond motifs is 2. The SMILES string of the molecule is COCC(C)NC(=O)CC1CSc2nc3c(cnn3-c3ccc(C)cc3C)c(=O)n21. The third kappa shape index (κ3) is 3.75. The molecular weight excluding hydrogens is 402 g/mol. The van der Waals surface area contributed by atoms with E-state index in [-0.39, 0.29) is 30.0 Å². The van der Waals surface area contributed by atoms with Crippen LogP contribution in [0, 0.1) is 13.8 Å². The van der Waals surface area contributed by atoms with Gasteiger partial charge in [-0.3, -0.25) is 14.2 Å². The standard InChI is InChI=1S/C21H25N5O3S/c1-12-5-6-17(13(2)7-12)26-19-16(9-22-26)20(28)25-15(11-30-21(25)24-19)8-18(27)23-14(3)10-29-4/h5-7,9,14-15H,8,10-11H2,1-4H3,(H,23,27). The Bertz CT molecular complexity index is 1170. The molecule has 0 saturated carbocycles. The van der Waals surface area contributed by atoms with Crippen molar-refractivity contribution in [2.45, 2.75) is 44.4 Å². The lowest BCUT2D eigenvalue weighted by atomic mass is 10.1. The van der Waals surface area contributed by atoms with Crippen LogP contribution in [-0.4, -0.2) is 50.8 Å². The van der Waals surface area contributed by atoms with Gasteiger partial charge in [-0.1, -0.05) is 29.5 Å². The molecule has 1 amide bonds. The second-order valence-electron chi connectivity index (χ2n) is 7.75. The summed E-state index contributed by atoms with van der Waals surface area (Å²) in [6.07, 6.45) is 1.80. The Balaban J connectivity index is 1.67. The maximum Gasteiger partial charge on any atom is 0.265 e. The molecule has 1 aromatic carbocycles. The Morgan fingerprint density at radius 3 is 2.93 bits per heavy atom. The summed E-state index contributed by atoms with van der Waals surface area (Å²) in [6.45, 7) is 6.39. The molecule has 0 bridgehead atoms. The molecule has 0 spiro atoms. The van der Waals surface area contributed by atoms with Crippen molar-refractivity contribution in [1.29, 1.82) is 0 Å². The molecule has 4 rings (SSSR count). The summed E-state index contributed by atoms with van der Waals surface area (Å²) in [7, 11) is 1.60. The predicted octanol–water partition coefficient (Wildman–Crippen LogP) is 2.39. The Morgan fingerprint density at radius 2 is 2.20 bits per heavy atom. The average molecular weight is 428 g/mol. The van der Waals surface area contributed by atoms with Gasteiger partial charge in [-0.2, -0.15) is 5.10 Å². The predicted molar refractivity (Wildman–Crippen MR) is 116 cm³/mol. The van der Waals surface area contributed by atoms with Crippen LogP contribution in [0.2, 0.25) is 0 Å². The highest BCUT2D eigenvalue weighted by atomic mass is 32.2. The summed E-state index contributed by atoms with van der Waals surface area (Å²) in [6, 6.07) is 5.78. The molecular formula is C21H25N5O3S. The van der Waals surface area contributed by atoms with Crippen LogP contribution in [0.4, 0.5) is 0 Å². The van der Waals surface area contributed by atoms with Crippen molar-refractivity contribution in [2.24, 2.45) is 0 Å². The fourth-order valence-electron chi connectivity index (χ4n) is 3.84. The van der Waals surface area contributed by atoms with Gasteiger partial charge < -0.3 is 10.1 Å². The summed E-state index contributed by atoms with van der Waals surface area (Å²) in [4.78, 5) is 30.4. The van der Waals surface area contributed by atoms with Crippen LogP contribution in [0.25, 0.3) is 16.7 Å². The van der Waals surface area contributed by atoms with Gasteiger partial charge in [0.1, 0.15) is 5.39 Å². The van der Waals surface area contributed by atoms with Gasteiger partial charge in [-0.05, 0) is 32.4 Å². The lowest BCUT2D eigenvalue weighted by Crippen LogP contribution is -2.37. The largest absolute Gasteiger partial charge is 0.383 e. The van der Waals surface area contributed by atoms with Gasteiger partial charge in [0.2, 0.25) is 5.91 Å². The van der Waals surface area contributed by atoms with Gasteiger partial charge in [0.25, 0.3) is 5.56 Å². The average Bonchev–Trinajstić information content (AvgIpc) is 3.27. The number of ether oxygens (including phenoxy) is 1. The van der Waals surface area contributed by atoms with Crippen molar-refractivity contribution < 1.29 is 9.53 Å². The molecule has 3 heterocycles. The number of carbonyl (C=O) groups is 1. The smallest absolute Gasteiger partial charge is 0.265 e. The van der Waals surface area contributed by atoms with Crippen LogP contribution in [0.1, 0.15) is 30.5 Å². The lowest BCUT2D eigenvalue weighted by molar-refractivity contribution is -0.122. The fourth-order valence-corrected chi connectivity index (χ4v) is 4.97. The molecule has 1 aliphatic rings. The topological polar surface area (TPSA) is 91.0 Å². The van der Waals surface area contributed by atoms with Gasteiger partial charge in [0, 0.05) is 25.3 Å². The van der Waals surface area contributed by atoms with Crippen molar-refractivity contribution in [3.63, 3.8) is 0 Å². The number of hydrogen-bond donors (Lipinski definition) is 1. The highest BCUT2D eigenvalue weighted by Gasteiger charge is 2.30. The molecule has 2 aromatic heterocycles. The molecule has 0 aliphatic carbocycles. The van der Waals surface area contributed by atoms with Gasteiger partial charge >= 0.3 is 0 Å². The summed E-state index contributed by atoms with van der Waals surface area (Å²) < 4.78 is 8.42. The quantitative estimate of drug-likeness (QED) is 0.608. The van der Waals surface area contributed by atoms with Gasteiger partial charge in [-0.15, -0.1) is 0 Å². The first-order chi connectivity index (χ1) is 14.4. The molecule has 0 radical (unpaired) electrons. The minimum Gasteiger partial charge on any atom is -0.383 e. The molecule has 0 fully saturated rings. The number of thioether (sulfide) groups is 1. The van der Waals surface area contributed by atoms with E-state index in [9.17, 15) is 9.59 Å². The van der Waals surface area contributed by atoms with Crippen LogP contribution in [0.5, 0.6) is 0 Å². The highest BCUT2D eigenvalue weighted by molar-refractivity contribution is 7.99. The summed E-state index contributed by atoms with van der Waals surface area (Å²) in [5.74, 6) is 0.536. The van der Waals surface area contributed by atoms with Gasteiger partial charge in [0.05, 0.1) is 24.5 Å². The fraction of sp³-hybridized carbons (Fsp3) is 0.429. The molecule has 0 saturated heterocycles. The van der Waals surface area contributed by atoms with E-state index in [2.05, 4.69) is 16.5 Å². The van der Waals surface area contributed by atoms with Crippen LogP contribution < -0.4 is 10.9 Å². The molecule has 30 heavy (non-hydrogen) atoms. The molecule has 1 N–H and O–H groups in total. The summed E-state index contributed by atoms with van der Waals surface area (Å²) >= 11 is 1.50. The van der Waals surface area contributed by atoms with Crippen LogP contribution >= 0.6 is 11.8 Å². The Labute approximate surface area is 178 Å². The Hall–Kier alpha value is -2.65. The van der Waals surface area contributed by atoms with Crippen LogP contribution in [0.3, 0.4) is 0 Å². The Kier molecular flexibility index (Phi) is 5.66. The van der Waals surface area contributed by atoms with E-state index in [1.54, 1.807) is 22.6 Å². The van der Waals surface area contributed by atoms with Gasteiger partial charge in [0.15, 0.2) is 10.8 Å². The first kappa shape index (κ1) is 20.6. The lowest BCUT2D eigenvalue weighted by Gasteiger charge is -2.16. The number of methoxy groups -OCH3 is 1. The number of aryl methyl sites for hydroxylation is 2. The molecule has 8 nitrogen and oxygen atoms in total. The van der Waals surface area contributed by atoms with Crippen LogP contribution in [0.15, 0.2) is 34.3 Å². The van der Waals surface area contributed by atoms with E-state index in [1.165, 1.54) is 11.8 Å². The minimum atomic E-state index is -0.228. The number of hydrogen-bond acceptors (Lipinski definition) is 6. The third-order valence-electron chi connectivity index (χ3n) is 5.20. The summed E-state index contributed by atoms with van der Waals surface area (Å²) in [5.41, 5.74) is 3.52. The third-order valence-corrected chi connectivity index (χ3v) is 6.29. The summed E-state index contributed by atoms with van der Waals surface area (Å²) in [5, 5.41) is 8.43. The normalized spacial score (nSPS) is 16.6. The van der Waals surface area contributed by atoms with Crippen molar-refractivity contribution in [3.05, 3.63) is 45.9 Å². The maximum absolute atomic E-state index is 13.2. The van der Waals surface area contributed by atoms with Crippen molar-refractivity contribution >= 4 is 28.7 Å². The molecule has 2 unspecified atom stereocenters. The molecule has 2 atom stereocenters. The van der Waals surface area contributed by atoms with Crippen molar-refractivity contribution in [2.75, 3.05) is 19.5 Å². The Morgan fingerprint density at radius 1 is 1.40 bits per heavy atom. The number of nitrogens with one attached hydrogen (secondary N) is 1. The van der Waals surface area contributed by atoms with E-state index in [0.717, 1.165) is 16.8 Å². The van der Waals surface area contributed by atoms with Crippen molar-refractivity contribution in [1.82, 2.24) is 24.6 Å². The highest BCUT2D eigenvalue weighted by Crippen LogP contribution is 2.33. The van der Waals surface area contributed by atoms with E-state index < -0.39 is 0 Å². The molecule has 158 valence electrons. The number of carbonyl (C=O) groups excluding carboxylic acids is 1. The first-order valence-electron chi connectivity index (χ1n) is 9.88. The van der Waals surface area contributed by atoms with E-state index >= 15 is 0 Å². The number of benzene rings is 1. The van der Waals surface area contributed by atoms with Crippen LogP contribution in [-0.2, 0) is 9.53 Å². The second-order valence-corrected chi connectivity index (χ2v) is 8.73. The zero-order valence-corrected chi connectivity index (χ0v) is 18.3. The van der Waals surface area contributed by atoms with E-state index in [4.69, 9.17) is 9.72 Å². The zero-order valence-electron chi connectivity index (χ0n) is 17.5. The number of rotatable bonds is 6. The number of aromatic nitrogens is 4. The molecule has 1 aliphatic heterocycles. The van der Waals surface area contributed by atoms with E-state index in [0.29, 0.717) is 28.5 Å². The van der Waals surface area contributed by atoms with Crippen molar-refractivity contribution in [3.8, 4) is 5.69 Å². The first-order valence-corrected chi connectivity index (χ1v) is 10.9. The number of amides is 1. The monoisotopic (exact) mass is 427 g/mol. The van der Waals surface area contributed by atoms with Gasteiger partial charge in [-0.25, -0.2) is 9.67 Å². The minimum absolute atomic E-state index is 0.0793. The molecule has 9 heteroatoms.